The van der Waals surface area contributed by atoms with Gasteiger partial charge in [0.2, 0.25) is 0 Å². The second-order valence-corrected chi connectivity index (χ2v) is 15.1. The van der Waals surface area contributed by atoms with E-state index in [4.69, 9.17) is 45.0 Å². The number of H-pyrrole nitrogens is 1. The number of nitrogens with one attached hydrogen (secondary N) is 1. The zero-order valence-electron chi connectivity index (χ0n) is 20.0. The fraction of sp³-hybridized carbons (Fsp3) is 0.214. The van der Waals surface area contributed by atoms with Crippen LogP contribution in [0.5, 0.6) is 0 Å². The highest BCUT2D eigenvalue weighted by Crippen LogP contribution is 2.41. The molecule has 0 fully saturated rings. The zero-order valence-corrected chi connectivity index (χ0v) is 23.3. The Balaban J connectivity index is 1.83. The Labute approximate surface area is 223 Å². The van der Waals surface area contributed by atoms with Gasteiger partial charge >= 0.3 is 0 Å². The Hall–Kier alpha value is -2.05. The van der Waals surface area contributed by atoms with Crippen LogP contribution in [0.3, 0.4) is 0 Å². The summed E-state index contributed by atoms with van der Waals surface area (Å²) in [4.78, 5) is 3.10. The summed E-state index contributed by atoms with van der Waals surface area (Å²) in [6.07, 6.45) is 0. The zero-order chi connectivity index (χ0) is 25.2. The van der Waals surface area contributed by atoms with E-state index in [2.05, 4.69) is 74.3 Å². The lowest BCUT2D eigenvalue weighted by Gasteiger charge is -2.43. The van der Waals surface area contributed by atoms with Crippen LogP contribution in [0.2, 0.25) is 20.2 Å². The maximum absolute atomic E-state index is 7.08. The predicted molar refractivity (Wildman–Crippen MR) is 152 cm³/mol. The molecule has 0 atom stereocenters. The monoisotopic (exact) mass is 542 g/mol. The summed E-state index contributed by atoms with van der Waals surface area (Å²) < 4.78 is 7.08. The fourth-order valence-electron chi connectivity index (χ4n) is 4.74. The molecule has 1 heterocycles. The van der Waals surface area contributed by atoms with E-state index in [9.17, 15) is 0 Å². The third-order valence-corrected chi connectivity index (χ3v) is 12.4. The van der Waals surface area contributed by atoms with Gasteiger partial charge in [-0.1, -0.05) is 122 Å². The van der Waals surface area contributed by atoms with E-state index in [1.807, 2.05) is 30.3 Å². The average molecular weight is 544 g/mol. The molecule has 0 saturated carbocycles. The van der Waals surface area contributed by atoms with Gasteiger partial charge in [-0.05, 0) is 27.5 Å². The third-order valence-electron chi connectivity index (χ3n) is 6.40. The van der Waals surface area contributed by atoms with E-state index in [1.54, 1.807) is 0 Å². The topological polar surface area (TPSA) is 51.0 Å². The summed E-state index contributed by atoms with van der Waals surface area (Å²) in [6.45, 7) is 7.32. The highest BCUT2D eigenvalue weighted by Gasteiger charge is 2.50. The maximum Gasteiger partial charge on any atom is 0.261 e. The lowest BCUT2D eigenvalue weighted by atomic mass is 10.0. The Bertz CT molecular complexity index is 1260. The van der Waals surface area contributed by atoms with Gasteiger partial charge in [0.1, 0.15) is 5.15 Å². The summed E-state index contributed by atoms with van der Waals surface area (Å²) in [5.41, 5.74) is 9.19. The molecule has 0 saturated heterocycles. The molecule has 4 rings (SSSR count). The van der Waals surface area contributed by atoms with Crippen molar-refractivity contribution in [3.8, 4) is 11.1 Å². The van der Waals surface area contributed by atoms with Crippen LogP contribution in [-0.4, -0.2) is 13.3 Å². The van der Waals surface area contributed by atoms with E-state index in [0.29, 0.717) is 21.7 Å². The molecule has 3 N–H and O–H groups in total. The van der Waals surface area contributed by atoms with Crippen molar-refractivity contribution < 1.29 is 4.43 Å². The molecule has 0 bridgehead atoms. The minimum atomic E-state index is -2.75. The Kier molecular flexibility index (Phi) is 7.82. The van der Waals surface area contributed by atoms with E-state index in [0.717, 1.165) is 22.4 Å². The molecule has 182 valence electrons. The van der Waals surface area contributed by atoms with E-state index in [-0.39, 0.29) is 11.6 Å². The molecule has 0 amide bonds. The van der Waals surface area contributed by atoms with Crippen molar-refractivity contribution in [1.29, 1.82) is 0 Å². The minimum absolute atomic E-state index is 0.160. The Morgan fingerprint density at radius 2 is 1.40 bits per heavy atom. The van der Waals surface area contributed by atoms with Crippen LogP contribution in [0.15, 0.2) is 78.9 Å². The molecule has 7 heteroatoms. The first-order valence-corrected chi connectivity index (χ1v) is 14.5. The maximum atomic E-state index is 7.08. The van der Waals surface area contributed by atoms with Crippen molar-refractivity contribution >= 4 is 53.5 Å². The molecule has 0 aliphatic carbocycles. The summed E-state index contributed by atoms with van der Waals surface area (Å²) in [5.74, 6) is 0. The SMILES string of the molecule is CC(C)(C)[Si](OCc1c(Cl)ccc(-c2cc(Cl)[nH]c2CN)c1Cl)(c1ccccc1)c1ccccc1. The van der Waals surface area contributed by atoms with Crippen molar-refractivity contribution in [2.24, 2.45) is 5.73 Å². The smallest absolute Gasteiger partial charge is 0.261 e. The largest absolute Gasteiger partial charge is 0.403 e. The number of halogens is 3. The summed E-state index contributed by atoms with van der Waals surface area (Å²) >= 11 is 19.9. The molecular formula is C28H29Cl3N2OSi. The van der Waals surface area contributed by atoms with Crippen LogP contribution >= 0.6 is 34.8 Å². The highest BCUT2D eigenvalue weighted by atomic mass is 35.5. The number of hydrogen-bond acceptors (Lipinski definition) is 2. The third kappa shape index (κ3) is 4.97. The van der Waals surface area contributed by atoms with Crippen molar-refractivity contribution in [1.82, 2.24) is 4.98 Å². The first-order chi connectivity index (χ1) is 16.7. The molecule has 1 aromatic heterocycles. The van der Waals surface area contributed by atoms with E-state index >= 15 is 0 Å². The predicted octanol–water partition coefficient (Wildman–Crippen LogP) is 7.18. The normalized spacial score (nSPS) is 12.2. The van der Waals surface area contributed by atoms with Gasteiger partial charge in [-0.15, -0.1) is 0 Å². The van der Waals surface area contributed by atoms with Crippen molar-refractivity contribution in [3.63, 3.8) is 0 Å². The van der Waals surface area contributed by atoms with Crippen LogP contribution in [-0.2, 0) is 17.6 Å². The Morgan fingerprint density at radius 1 is 0.829 bits per heavy atom. The average Bonchev–Trinajstić information content (AvgIpc) is 3.22. The number of aromatic amines is 1. The molecule has 0 radical (unpaired) electrons. The number of rotatable bonds is 7. The summed E-state index contributed by atoms with van der Waals surface area (Å²) in [5, 5.41) is 3.85. The molecule has 0 spiro atoms. The summed E-state index contributed by atoms with van der Waals surface area (Å²) in [7, 11) is -2.75. The quantitative estimate of drug-likeness (QED) is 0.243. The second kappa shape index (κ2) is 10.5. The summed E-state index contributed by atoms with van der Waals surface area (Å²) in [6, 6.07) is 26.6. The number of aromatic nitrogens is 1. The second-order valence-electron chi connectivity index (χ2n) is 9.55. The van der Waals surface area contributed by atoms with Crippen LogP contribution in [0.4, 0.5) is 0 Å². The molecular weight excluding hydrogens is 515 g/mol. The lowest BCUT2D eigenvalue weighted by Crippen LogP contribution is -2.66. The van der Waals surface area contributed by atoms with Gasteiger partial charge in [-0.2, -0.15) is 0 Å². The van der Waals surface area contributed by atoms with Crippen molar-refractivity contribution in [2.75, 3.05) is 0 Å². The first kappa shape index (κ1) is 26.0. The first-order valence-electron chi connectivity index (χ1n) is 11.5. The molecule has 0 aliphatic heterocycles. The van der Waals surface area contributed by atoms with Gasteiger partial charge in [-0.3, -0.25) is 0 Å². The molecule has 4 aromatic rings. The van der Waals surface area contributed by atoms with Crippen LogP contribution in [0, 0.1) is 0 Å². The Morgan fingerprint density at radius 3 is 1.91 bits per heavy atom. The van der Waals surface area contributed by atoms with Crippen LogP contribution in [0.1, 0.15) is 32.0 Å². The highest BCUT2D eigenvalue weighted by molar-refractivity contribution is 6.99. The molecule has 3 nitrogen and oxygen atoms in total. The van der Waals surface area contributed by atoms with Crippen LogP contribution in [0.25, 0.3) is 11.1 Å². The molecule has 35 heavy (non-hydrogen) atoms. The van der Waals surface area contributed by atoms with E-state index in [1.165, 1.54) is 10.4 Å². The lowest BCUT2D eigenvalue weighted by molar-refractivity contribution is 0.286. The molecule has 0 unspecified atom stereocenters. The number of nitrogens with two attached hydrogens (primary N) is 1. The van der Waals surface area contributed by atoms with Gasteiger partial charge in [0, 0.05) is 34.0 Å². The number of hydrogen-bond donors (Lipinski definition) is 2. The fourth-order valence-corrected chi connectivity index (χ4v) is 10.1. The van der Waals surface area contributed by atoms with E-state index < -0.39 is 8.32 Å². The van der Waals surface area contributed by atoms with Crippen molar-refractivity contribution in [2.45, 2.75) is 39.0 Å². The van der Waals surface area contributed by atoms with Crippen molar-refractivity contribution in [3.05, 3.63) is 105 Å². The molecule has 0 aliphatic rings. The number of benzene rings is 3. The molecule has 3 aromatic carbocycles. The van der Waals surface area contributed by atoms with Gasteiger partial charge < -0.3 is 15.1 Å². The van der Waals surface area contributed by atoms with Gasteiger partial charge in [0.05, 0.1) is 11.6 Å². The standard InChI is InChI=1S/C28H29Cl3N2OSi/c1-28(2,3)35(19-10-6-4-7-11-19,20-12-8-5-9-13-20)34-18-23-24(29)15-14-21(27(23)31)22-16-26(30)33-25(22)17-32/h4-16,33H,17-18,32H2,1-3H3. The van der Waals surface area contributed by atoms with Gasteiger partial charge in [-0.25, -0.2) is 0 Å². The minimum Gasteiger partial charge on any atom is -0.403 e. The van der Waals surface area contributed by atoms with Gasteiger partial charge in [0.25, 0.3) is 8.32 Å². The van der Waals surface area contributed by atoms with Crippen LogP contribution < -0.4 is 16.1 Å². The van der Waals surface area contributed by atoms with Gasteiger partial charge in [0.15, 0.2) is 0 Å².